The summed E-state index contributed by atoms with van der Waals surface area (Å²) < 4.78 is 4.74. The summed E-state index contributed by atoms with van der Waals surface area (Å²) in [6, 6.07) is 49.3. The molecular weight excluding hydrogens is 789 g/mol. The van der Waals surface area contributed by atoms with E-state index >= 15 is 0 Å². The number of aliphatic carboxylic acids is 1. The molecule has 2 fully saturated rings. The molecule has 8 rings (SSSR count). The third kappa shape index (κ3) is 11.6. The predicted molar refractivity (Wildman–Crippen MR) is 251 cm³/mol. The molecule has 6 aromatic carbocycles. The number of carbonyl (C=O) groups is 4. The van der Waals surface area contributed by atoms with Crippen molar-refractivity contribution < 1.29 is 29.0 Å². The lowest BCUT2D eigenvalue weighted by Crippen LogP contribution is -2.54. The monoisotopic (exact) mass is 846 g/mol. The van der Waals surface area contributed by atoms with Crippen LogP contribution in [0.1, 0.15) is 62.5 Å². The predicted octanol–water partition coefficient (Wildman–Crippen LogP) is 9.53. The van der Waals surface area contributed by atoms with Crippen molar-refractivity contribution in [3.05, 3.63) is 157 Å². The van der Waals surface area contributed by atoms with Gasteiger partial charge in [0.15, 0.2) is 11.6 Å². The highest BCUT2D eigenvalue weighted by molar-refractivity contribution is 5.94. The largest absolute Gasteiger partial charge is 0.481 e. The number of hydrogen-bond donors (Lipinski definition) is 3. The minimum atomic E-state index is -0.934. The molecule has 0 unspecified atom stereocenters. The maximum Gasteiger partial charge on any atom is 0.305 e. The Morgan fingerprint density at radius 3 is 1.30 bits per heavy atom. The first kappa shape index (κ1) is 44.7. The number of para-hydroxylation sites is 2. The molecule has 0 saturated carbocycles. The summed E-state index contributed by atoms with van der Waals surface area (Å²) in [6.45, 7) is 4.88. The number of Topliss-reactive ketones (excluding diaryl/α,β-unsaturated/α-hetero) is 2. The lowest BCUT2D eigenvalue weighted by atomic mass is 9.81. The molecule has 10 nitrogen and oxygen atoms in total. The molecule has 0 aromatic heterocycles. The van der Waals surface area contributed by atoms with E-state index in [0.29, 0.717) is 25.7 Å². The van der Waals surface area contributed by atoms with Crippen molar-refractivity contribution in [3.63, 3.8) is 0 Å². The number of anilines is 2. The number of esters is 1. The van der Waals surface area contributed by atoms with Crippen molar-refractivity contribution >= 4 is 56.4 Å². The molecule has 0 amide bonds. The molecule has 10 heteroatoms. The standard InChI is InChI=1S/C27H30N2O3.C26H28N2O3/c1-32-26(31)15-14-25(30)27(28-23-11-3-2-4-12-23)16-18-29(19-17-27)20-22-10-7-9-21-8-5-6-13-24(21)22;29-24(13-14-25(30)31)26(27-22-10-2-1-3-11-22)15-17-28(18-16-26)19-21-9-6-8-20-7-4-5-12-23(20)21/h2-13,28H,14-20H2,1H3;1-12,27H,13-19H2,(H,30,31). The van der Waals surface area contributed by atoms with Gasteiger partial charge in [-0.3, -0.25) is 29.0 Å². The Morgan fingerprint density at radius 1 is 0.508 bits per heavy atom. The zero-order chi connectivity index (χ0) is 44.1. The van der Waals surface area contributed by atoms with E-state index in [4.69, 9.17) is 9.84 Å². The van der Waals surface area contributed by atoms with Gasteiger partial charge in [0.05, 0.1) is 31.0 Å². The molecule has 0 spiro atoms. The number of carboxylic acid groups (broad SMARTS) is 1. The van der Waals surface area contributed by atoms with E-state index in [-0.39, 0.29) is 43.2 Å². The number of nitrogens with one attached hydrogen (secondary N) is 2. The summed E-state index contributed by atoms with van der Waals surface area (Å²) in [6.07, 6.45) is 2.95. The van der Waals surface area contributed by atoms with Crippen LogP contribution < -0.4 is 10.6 Å². The molecule has 63 heavy (non-hydrogen) atoms. The molecule has 3 N–H and O–H groups in total. The number of fused-ring (bicyclic) bond motifs is 2. The van der Waals surface area contributed by atoms with E-state index < -0.39 is 17.0 Å². The molecule has 2 aliphatic heterocycles. The van der Waals surface area contributed by atoms with Crippen molar-refractivity contribution in [1.29, 1.82) is 0 Å². The second kappa shape index (κ2) is 21.1. The maximum absolute atomic E-state index is 13.3. The van der Waals surface area contributed by atoms with E-state index in [0.717, 1.165) is 50.6 Å². The molecule has 2 aliphatic rings. The van der Waals surface area contributed by atoms with Crippen molar-refractivity contribution in [2.24, 2.45) is 0 Å². The summed E-state index contributed by atoms with van der Waals surface area (Å²) in [5, 5.41) is 21.1. The van der Waals surface area contributed by atoms with Crippen molar-refractivity contribution in [1.82, 2.24) is 9.80 Å². The van der Waals surface area contributed by atoms with E-state index in [2.05, 4.69) is 105 Å². The van der Waals surface area contributed by atoms with Crippen LogP contribution in [0.25, 0.3) is 21.5 Å². The summed E-state index contributed by atoms with van der Waals surface area (Å²) in [5.74, 6) is -1.21. The van der Waals surface area contributed by atoms with Crippen LogP contribution in [0.15, 0.2) is 146 Å². The molecule has 2 heterocycles. The smallest absolute Gasteiger partial charge is 0.305 e. The number of nitrogens with zero attached hydrogens (tertiary/aromatic N) is 2. The Morgan fingerprint density at radius 2 is 0.889 bits per heavy atom. The van der Waals surface area contributed by atoms with Crippen LogP contribution in [0, 0.1) is 0 Å². The highest BCUT2D eigenvalue weighted by Gasteiger charge is 2.42. The van der Waals surface area contributed by atoms with Crippen LogP contribution in [-0.4, -0.2) is 82.8 Å². The molecule has 6 aromatic rings. The highest BCUT2D eigenvalue weighted by Crippen LogP contribution is 2.33. The van der Waals surface area contributed by atoms with Gasteiger partial charge in [-0.2, -0.15) is 0 Å². The Balaban J connectivity index is 0.000000189. The van der Waals surface area contributed by atoms with Crippen LogP contribution in [0.2, 0.25) is 0 Å². The van der Waals surface area contributed by atoms with E-state index in [9.17, 15) is 19.2 Å². The Labute approximate surface area is 370 Å². The zero-order valence-electron chi connectivity index (χ0n) is 36.1. The van der Waals surface area contributed by atoms with Gasteiger partial charge in [-0.15, -0.1) is 0 Å². The van der Waals surface area contributed by atoms with E-state index in [1.807, 2.05) is 60.7 Å². The second-order valence-electron chi connectivity index (χ2n) is 16.8. The minimum Gasteiger partial charge on any atom is -0.481 e. The Kier molecular flexibility index (Phi) is 15.0. The number of benzene rings is 6. The van der Waals surface area contributed by atoms with Gasteiger partial charge < -0.3 is 20.5 Å². The number of methoxy groups -OCH3 is 1. The van der Waals surface area contributed by atoms with Gasteiger partial charge in [0.25, 0.3) is 0 Å². The average molecular weight is 847 g/mol. The first-order valence-corrected chi connectivity index (χ1v) is 22.0. The van der Waals surface area contributed by atoms with Crippen LogP contribution in [0.5, 0.6) is 0 Å². The molecule has 2 saturated heterocycles. The Bertz CT molecular complexity index is 2470. The summed E-state index contributed by atoms with van der Waals surface area (Å²) in [7, 11) is 1.36. The van der Waals surface area contributed by atoms with Gasteiger partial charge in [0, 0.05) is 63.5 Å². The summed E-state index contributed by atoms with van der Waals surface area (Å²) in [4.78, 5) is 53.9. The van der Waals surface area contributed by atoms with Crippen molar-refractivity contribution in [2.45, 2.75) is 75.5 Å². The lowest BCUT2D eigenvalue weighted by molar-refractivity contribution is -0.142. The quantitative estimate of drug-likeness (QED) is 0.0811. The lowest BCUT2D eigenvalue weighted by Gasteiger charge is -2.42. The van der Waals surface area contributed by atoms with Gasteiger partial charge in [-0.05, 0) is 82.6 Å². The number of rotatable bonds is 16. The van der Waals surface area contributed by atoms with Gasteiger partial charge in [-0.25, -0.2) is 0 Å². The number of piperidine rings is 2. The fourth-order valence-corrected chi connectivity index (χ4v) is 9.09. The second-order valence-corrected chi connectivity index (χ2v) is 16.8. The number of likely N-dealkylation sites (tertiary alicyclic amines) is 2. The number of ketones is 2. The van der Waals surface area contributed by atoms with Crippen molar-refractivity contribution in [3.8, 4) is 0 Å². The summed E-state index contributed by atoms with van der Waals surface area (Å²) in [5.41, 5.74) is 3.05. The molecule has 0 radical (unpaired) electrons. The third-order valence-corrected chi connectivity index (χ3v) is 12.7. The van der Waals surface area contributed by atoms with Crippen LogP contribution in [0.3, 0.4) is 0 Å². The summed E-state index contributed by atoms with van der Waals surface area (Å²) >= 11 is 0. The van der Waals surface area contributed by atoms with Crippen molar-refractivity contribution in [2.75, 3.05) is 43.9 Å². The molecule has 0 bridgehead atoms. The van der Waals surface area contributed by atoms with Gasteiger partial charge in [0.1, 0.15) is 0 Å². The van der Waals surface area contributed by atoms with Crippen LogP contribution >= 0.6 is 0 Å². The van der Waals surface area contributed by atoms with Crippen LogP contribution in [-0.2, 0) is 37.0 Å². The first-order valence-electron chi connectivity index (χ1n) is 22.0. The normalized spacial score (nSPS) is 16.0. The SMILES string of the molecule is COC(=O)CCC(=O)C1(Nc2ccccc2)CCN(Cc2cccc3ccccc23)CC1.O=C(O)CCC(=O)C1(Nc2ccccc2)CCN(Cc2cccc3ccccc23)CC1. The molecule has 326 valence electrons. The third-order valence-electron chi connectivity index (χ3n) is 12.7. The number of ether oxygens (including phenoxy) is 1. The first-order chi connectivity index (χ1) is 30.6. The fourth-order valence-electron chi connectivity index (χ4n) is 9.09. The van der Waals surface area contributed by atoms with Gasteiger partial charge >= 0.3 is 11.9 Å². The number of hydrogen-bond acceptors (Lipinski definition) is 9. The topological polar surface area (TPSA) is 128 Å². The van der Waals surface area contributed by atoms with Gasteiger partial charge in [-0.1, -0.05) is 121 Å². The molecule has 0 aliphatic carbocycles. The minimum absolute atomic E-state index is 0.0106. The van der Waals surface area contributed by atoms with Crippen LogP contribution in [0.4, 0.5) is 11.4 Å². The Hall–Kier alpha value is -6.36. The molecule has 0 atom stereocenters. The van der Waals surface area contributed by atoms with Gasteiger partial charge in [0.2, 0.25) is 0 Å². The molecular formula is C53H58N4O6. The average Bonchev–Trinajstić information content (AvgIpc) is 3.32. The zero-order valence-corrected chi connectivity index (χ0v) is 36.1. The highest BCUT2D eigenvalue weighted by atomic mass is 16.5. The number of carboxylic acids is 1. The van der Waals surface area contributed by atoms with E-state index in [1.54, 1.807) is 0 Å². The fraction of sp³-hybridized carbons (Fsp3) is 0.321. The maximum atomic E-state index is 13.3. The van der Waals surface area contributed by atoms with E-state index in [1.165, 1.54) is 39.8 Å². The number of carbonyl (C=O) groups excluding carboxylic acids is 3.